The predicted octanol–water partition coefficient (Wildman–Crippen LogP) is 1.44. The van der Waals surface area contributed by atoms with Crippen LogP contribution >= 0.6 is 0 Å². The third-order valence-electron chi connectivity index (χ3n) is 3.86. The van der Waals surface area contributed by atoms with Gasteiger partial charge in [0, 0.05) is 5.70 Å². The number of amides is 2. The number of nitrogens with one attached hydrogen (secondary N) is 2. The van der Waals surface area contributed by atoms with Gasteiger partial charge < -0.3 is 29.6 Å². The standard InChI is InChI=1S/C18H22N2O7/c1-5-26-17(22)15-10(2)19-18(23)20-16(15)11-6-7-12(13(8-11)24-3)27-9-14(21)25-4/h6-8,16H,5,9H2,1-4H3,(H2,19,20,23)/t16-/m1/s1. The molecule has 2 amide bonds. The predicted molar refractivity (Wildman–Crippen MR) is 94.2 cm³/mol. The van der Waals surface area contributed by atoms with E-state index in [2.05, 4.69) is 15.4 Å². The van der Waals surface area contributed by atoms with Crippen LogP contribution < -0.4 is 20.1 Å². The van der Waals surface area contributed by atoms with Gasteiger partial charge in [0.25, 0.3) is 0 Å². The molecule has 27 heavy (non-hydrogen) atoms. The van der Waals surface area contributed by atoms with Gasteiger partial charge in [0.15, 0.2) is 18.1 Å². The summed E-state index contributed by atoms with van der Waals surface area (Å²) in [7, 11) is 2.70. The zero-order chi connectivity index (χ0) is 20.0. The second-order valence-electron chi connectivity index (χ2n) is 5.57. The van der Waals surface area contributed by atoms with E-state index < -0.39 is 24.0 Å². The van der Waals surface area contributed by atoms with Crippen molar-refractivity contribution in [3.05, 3.63) is 35.0 Å². The third-order valence-corrected chi connectivity index (χ3v) is 3.86. The first-order chi connectivity index (χ1) is 12.9. The maximum absolute atomic E-state index is 12.4. The van der Waals surface area contributed by atoms with Crippen LogP contribution in [-0.2, 0) is 19.1 Å². The molecule has 2 N–H and O–H groups in total. The summed E-state index contributed by atoms with van der Waals surface area (Å²) in [4.78, 5) is 35.5. The summed E-state index contributed by atoms with van der Waals surface area (Å²) >= 11 is 0. The van der Waals surface area contributed by atoms with E-state index >= 15 is 0 Å². The van der Waals surface area contributed by atoms with Crippen molar-refractivity contribution in [2.75, 3.05) is 27.4 Å². The number of allylic oxidation sites excluding steroid dienone is 1. The molecule has 1 aliphatic heterocycles. The first-order valence-corrected chi connectivity index (χ1v) is 8.24. The molecule has 0 bridgehead atoms. The van der Waals surface area contributed by atoms with Gasteiger partial charge in [-0.2, -0.15) is 0 Å². The summed E-state index contributed by atoms with van der Waals surface area (Å²) in [5.74, 6) is -0.400. The summed E-state index contributed by atoms with van der Waals surface area (Å²) in [5, 5.41) is 5.27. The van der Waals surface area contributed by atoms with Crippen molar-refractivity contribution in [1.82, 2.24) is 10.6 Å². The van der Waals surface area contributed by atoms with Gasteiger partial charge in [-0.3, -0.25) is 0 Å². The summed E-state index contributed by atoms with van der Waals surface area (Å²) in [6.45, 7) is 3.26. The zero-order valence-corrected chi connectivity index (χ0v) is 15.6. The first-order valence-electron chi connectivity index (χ1n) is 8.24. The topological polar surface area (TPSA) is 112 Å². The van der Waals surface area contributed by atoms with E-state index in [0.29, 0.717) is 28.3 Å². The molecular weight excluding hydrogens is 356 g/mol. The lowest BCUT2D eigenvalue weighted by Crippen LogP contribution is -2.45. The fraction of sp³-hybridized carbons (Fsp3) is 0.389. The summed E-state index contributed by atoms with van der Waals surface area (Å²) in [5.41, 5.74) is 1.29. The smallest absolute Gasteiger partial charge is 0.343 e. The average Bonchev–Trinajstić information content (AvgIpc) is 2.65. The highest BCUT2D eigenvalue weighted by Crippen LogP contribution is 2.34. The Morgan fingerprint density at radius 3 is 2.56 bits per heavy atom. The van der Waals surface area contributed by atoms with Gasteiger partial charge >= 0.3 is 18.0 Å². The summed E-state index contributed by atoms with van der Waals surface area (Å²) in [6.07, 6.45) is 0. The van der Waals surface area contributed by atoms with E-state index in [1.807, 2.05) is 0 Å². The lowest BCUT2D eigenvalue weighted by molar-refractivity contribution is -0.143. The molecule has 0 aliphatic carbocycles. The minimum absolute atomic E-state index is 0.208. The molecule has 1 atom stereocenters. The van der Waals surface area contributed by atoms with Crippen molar-refractivity contribution in [3.8, 4) is 11.5 Å². The SMILES string of the molecule is CCOC(=O)C1=C(C)NC(=O)N[C@@H]1c1ccc(OCC(=O)OC)c(OC)c1. The molecule has 2 rings (SSSR count). The van der Waals surface area contributed by atoms with E-state index in [1.165, 1.54) is 14.2 Å². The molecule has 1 heterocycles. The largest absolute Gasteiger partial charge is 0.493 e. The minimum Gasteiger partial charge on any atom is -0.493 e. The second-order valence-corrected chi connectivity index (χ2v) is 5.57. The van der Waals surface area contributed by atoms with Crippen LogP contribution in [0.25, 0.3) is 0 Å². The van der Waals surface area contributed by atoms with E-state index in [-0.39, 0.29) is 13.2 Å². The van der Waals surface area contributed by atoms with Crippen LogP contribution in [-0.4, -0.2) is 45.4 Å². The molecular formula is C18H22N2O7. The Morgan fingerprint density at radius 1 is 1.19 bits per heavy atom. The number of carbonyl (C=O) groups is 3. The Hall–Kier alpha value is -3.23. The highest BCUT2D eigenvalue weighted by molar-refractivity contribution is 5.95. The fourth-order valence-electron chi connectivity index (χ4n) is 2.60. The monoisotopic (exact) mass is 378 g/mol. The molecule has 146 valence electrons. The van der Waals surface area contributed by atoms with Crippen molar-refractivity contribution < 1.29 is 33.3 Å². The van der Waals surface area contributed by atoms with Crippen molar-refractivity contribution in [3.63, 3.8) is 0 Å². The van der Waals surface area contributed by atoms with Gasteiger partial charge in [-0.05, 0) is 31.5 Å². The number of rotatable bonds is 7. The molecule has 0 unspecified atom stereocenters. The van der Waals surface area contributed by atoms with Crippen LogP contribution in [0.4, 0.5) is 4.79 Å². The van der Waals surface area contributed by atoms with Crippen molar-refractivity contribution in [1.29, 1.82) is 0 Å². The molecule has 0 saturated carbocycles. The fourth-order valence-corrected chi connectivity index (χ4v) is 2.60. The number of carbonyl (C=O) groups excluding carboxylic acids is 3. The zero-order valence-electron chi connectivity index (χ0n) is 15.6. The quantitative estimate of drug-likeness (QED) is 0.690. The maximum Gasteiger partial charge on any atom is 0.343 e. The molecule has 1 aromatic rings. The number of methoxy groups -OCH3 is 2. The van der Waals surface area contributed by atoms with E-state index in [0.717, 1.165) is 0 Å². The first kappa shape index (κ1) is 20.1. The van der Waals surface area contributed by atoms with Gasteiger partial charge in [0.2, 0.25) is 0 Å². The van der Waals surface area contributed by atoms with Gasteiger partial charge in [-0.1, -0.05) is 6.07 Å². The molecule has 1 aliphatic rings. The minimum atomic E-state index is -0.721. The molecule has 9 heteroatoms. The number of benzene rings is 1. The van der Waals surface area contributed by atoms with E-state index in [1.54, 1.807) is 32.0 Å². The number of urea groups is 1. The summed E-state index contributed by atoms with van der Waals surface area (Å²) < 4.78 is 20.3. The van der Waals surface area contributed by atoms with E-state index in [4.69, 9.17) is 14.2 Å². The van der Waals surface area contributed by atoms with Crippen LogP contribution in [0.15, 0.2) is 29.5 Å². The highest BCUT2D eigenvalue weighted by atomic mass is 16.6. The van der Waals surface area contributed by atoms with Gasteiger partial charge in [-0.25, -0.2) is 14.4 Å². The maximum atomic E-state index is 12.4. The van der Waals surface area contributed by atoms with Crippen molar-refractivity contribution in [2.24, 2.45) is 0 Å². The van der Waals surface area contributed by atoms with Crippen molar-refractivity contribution in [2.45, 2.75) is 19.9 Å². The van der Waals surface area contributed by atoms with Crippen LogP contribution in [0.1, 0.15) is 25.5 Å². The number of hydrogen-bond donors (Lipinski definition) is 2. The molecule has 0 fully saturated rings. The Balaban J connectivity index is 2.36. The lowest BCUT2D eigenvalue weighted by atomic mass is 9.95. The average molecular weight is 378 g/mol. The number of hydrogen-bond acceptors (Lipinski definition) is 7. The highest BCUT2D eigenvalue weighted by Gasteiger charge is 2.32. The van der Waals surface area contributed by atoms with Crippen LogP contribution in [0, 0.1) is 0 Å². The van der Waals surface area contributed by atoms with Crippen LogP contribution in [0.5, 0.6) is 11.5 Å². The Labute approximate surface area is 156 Å². The van der Waals surface area contributed by atoms with Crippen molar-refractivity contribution >= 4 is 18.0 Å². The molecule has 0 saturated heterocycles. The molecule has 0 radical (unpaired) electrons. The Morgan fingerprint density at radius 2 is 1.93 bits per heavy atom. The van der Waals surface area contributed by atoms with Gasteiger partial charge in [0.1, 0.15) is 0 Å². The van der Waals surface area contributed by atoms with Gasteiger partial charge in [0.05, 0.1) is 32.4 Å². The normalized spacial score (nSPS) is 16.1. The molecule has 0 spiro atoms. The lowest BCUT2D eigenvalue weighted by Gasteiger charge is -2.28. The number of esters is 2. The molecule has 0 aromatic heterocycles. The van der Waals surface area contributed by atoms with E-state index in [9.17, 15) is 14.4 Å². The van der Waals surface area contributed by atoms with Gasteiger partial charge in [-0.15, -0.1) is 0 Å². The Bertz CT molecular complexity index is 773. The molecule has 9 nitrogen and oxygen atoms in total. The third kappa shape index (κ3) is 4.69. The Kier molecular flexibility index (Phi) is 6.64. The molecule has 1 aromatic carbocycles. The van der Waals surface area contributed by atoms with Crippen LogP contribution in [0.2, 0.25) is 0 Å². The number of ether oxygens (including phenoxy) is 4. The summed E-state index contributed by atoms with van der Waals surface area (Å²) in [6, 6.07) is 3.72. The van der Waals surface area contributed by atoms with Crippen LogP contribution in [0.3, 0.4) is 0 Å². The second kappa shape index (κ2) is 8.93.